The van der Waals surface area contributed by atoms with Gasteiger partial charge < -0.3 is 10.6 Å². The molecule has 112 valence electrons. The van der Waals surface area contributed by atoms with Crippen molar-refractivity contribution in [3.8, 4) is 0 Å². The zero-order valence-corrected chi connectivity index (χ0v) is 10.5. The van der Waals surface area contributed by atoms with Crippen molar-refractivity contribution in [2.75, 3.05) is 5.32 Å². The molecule has 9 heteroatoms. The topological polar surface area (TPSA) is 87.3 Å². The van der Waals surface area contributed by atoms with E-state index in [-0.39, 0.29) is 12.1 Å². The molecular weight excluding hydrogens is 291 g/mol. The van der Waals surface area contributed by atoms with Crippen LogP contribution in [0.25, 0.3) is 0 Å². The van der Waals surface area contributed by atoms with Crippen molar-refractivity contribution in [2.45, 2.75) is 18.6 Å². The molecule has 3 N–H and O–H groups in total. The van der Waals surface area contributed by atoms with Gasteiger partial charge in [-0.25, -0.2) is 4.79 Å². The smallest absolute Gasteiger partial charge is 0.326 e. The molecule has 1 aliphatic rings. The van der Waals surface area contributed by atoms with Gasteiger partial charge in [-0.05, 0) is 18.2 Å². The number of carbonyl (C=O) groups is 3. The summed E-state index contributed by atoms with van der Waals surface area (Å²) in [5, 5.41) is 6.41. The molecule has 2 rings (SSSR count). The second-order valence-electron chi connectivity index (χ2n) is 4.35. The Bertz CT molecular complexity index is 601. The molecule has 21 heavy (non-hydrogen) atoms. The van der Waals surface area contributed by atoms with Crippen LogP contribution in [0.1, 0.15) is 12.0 Å². The van der Waals surface area contributed by atoms with Crippen LogP contribution in [0.5, 0.6) is 0 Å². The number of rotatable bonds is 3. The van der Waals surface area contributed by atoms with E-state index in [2.05, 4.69) is 10.6 Å². The van der Waals surface area contributed by atoms with Crippen molar-refractivity contribution in [3.63, 3.8) is 0 Å². The Morgan fingerprint density at radius 2 is 2.00 bits per heavy atom. The Hall–Kier alpha value is -2.58. The summed E-state index contributed by atoms with van der Waals surface area (Å²) in [5.41, 5.74) is -0.938. The van der Waals surface area contributed by atoms with Crippen molar-refractivity contribution in [2.24, 2.45) is 0 Å². The SMILES string of the molecule is O=C(C[C@H]1NC(=O)NC1=O)Nc1cccc(C(F)(F)F)c1. The summed E-state index contributed by atoms with van der Waals surface area (Å²) >= 11 is 0. The van der Waals surface area contributed by atoms with Gasteiger partial charge in [0.25, 0.3) is 5.91 Å². The zero-order valence-electron chi connectivity index (χ0n) is 10.5. The van der Waals surface area contributed by atoms with Crippen LogP contribution in [-0.4, -0.2) is 23.9 Å². The molecule has 1 aromatic rings. The Morgan fingerprint density at radius 3 is 2.57 bits per heavy atom. The predicted octanol–water partition coefficient (Wildman–Crippen LogP) is 1.24. The van der Waals surface area contributed by atoms with Crippen LogP contribution in [0.2, 0.25) is 0 Å². The number of anilines is 1. The first-order valence-electron chi connectivity index (χ1n) is 5.84. The fourth-order valence-corrected chi connectivity index (χ4v) is 1.77. The van der Waals surface area contributed by atoms with Crippen LogP contribution in [-0.2, 0) is 15.8 Å². The lowest BCUT2D eigenvalue weighted by molar-refractivity contribution is -0.137. The normalized spacial score (nSPS) is 18.1. The van der Waals surface area contributed by atoms with Gasteiger partial charge in [0.15, 0.2) is 0 Å². The number of imide groups is 1. The number of alkyl halides is 3. The van der Waals surface area contributed by atoms with Gasteiger partial charge in [0.05, 0.1) is 12.0 Å². The Kier molecular flexibility index (Phi) is 3.83. The van der Waals surface area contributed by atoms with Crippen LogP contribution in [0.4, 0.5) is 23.7 Å². The molecule has 0 aliphatic carbocycles. The average Bonchev–Trinajstić information content (AvgIpc) is 2.67. The van der Waals surface area contributed by atoms with E-state index < -0.39 is 35.6 Å². The molecule has 0 aromatic heterocycles. The number of benzene rings is 1. The summed E-state index contributed by atoms with van der Waals surface area (Å²) in [6.07, 6.45) is -4.88. The Balaban J connectivity index is 2.00. The van der Waals surface area contributed by atoms with Crippen LogP contribution >= 0.6 is 0 Å². The quantitative estimate of drug-likeness (QED) is 0.734. The standard InChI is InChI=1S/C12H10F3N3O3/c13-12(14,15)6-2-1-3-7(4-6)16-9(19)5-8-10(20)18-11(21)17-8/h1-4,8H,5H2,(H,16,19)(H2,17,18,20,21)/t8-/m1/s1. The first kappa shape index (κ1) is 14.8. The van der Waals surface area contributed by atoms with Gasteiger partial charge in [0.2, 0.25) is 5.91 Å². The average molecular weight is 301 g/mol. The molecule has 0 bridgehead atoms. The van der Waals surface area contributed by atoms with Gasteiger partial charge in [0.1, 0.15) is 6.04 Å². The van der Waals surface area contributed by atoms with E-state index in [1.807, 2.05) is 5.32 Å². The third-order valence-corrected chi connectivity index (χ3v) is 2.72. The molecule has 0 unspecified atom stereocenters. The maximum Gasteiger partial charge on any atom is 0.416 e. The van der Waals surface area contributed by atoms with Crippen LogP contribution < -0.4 is 16.0 Å². The van der Waals surface area contributed by atoms with Gasteiger partial charge in [-0.1, -0.05) is 6.07 Å². The van der Waals surface area contributed by atoms with Crippen molar-refractivity contribution >= 4 is 23.5 Å². The summed E-state index contributed by atoms with van der Waals surface area (Å²) in [7, 11) is 0. The zero-order chi connectivity index (χ0) is 15.6. The molecule has 1 atom stereocenters. The monoisotopic (exact) mass is 301 g/mol. The number of amides is 4. The molecule has 0 radical (unpaired) electrons. The maximum absolute atomic E-state index is 12.5. The van der Waals surface area contributed by atoms with Crippen LogP contribution in [0, 0.1) is 0 Å². The van der Waals surface area contributed by atoms with Gasteiger partial charge >= 0.3 is 12.2 Å². The second kappa shape index (κ2) is 5.43. The van der Waals surface area contributed by atoms with Gasteiger partial charge in [-0.3, -0.25) is 14.9 Å². The molecule has 1 fully saturated rings. The molecule has 1 aromatic carbocycles. The molecule has 4 amide bonds. The summed E-state index contributed by atoms with van der Waals surface area (Å²) in [6, 6.07) is 2.37. The Labute approximate surface area is 116 Å². The third kappa shape index (κ3) is 3.71. The van der Waals surface area contributed by atoms with E-state index in [1.165, 1.54) is 6.07 Å². The number of carbonyl (C=O) groups excluding carboxylic acids is 3. The minimum absolute atomic E-state index is 0.0421. The molecular formula is C12H10F3N3O3. The first-order chi connectivity index (χ1) is 9.75. The lowest BCUT2D eigenvalue weighted by Gasteiger charge is -2.11. The van der Waals surface area contributed by atoms with Gasteiger partial charge in [0, 0.05) is 5.69 Å². The van der Waals surface area contributed by atoms with Gasteiger partial charge in [-0.2, -0.15) is 13.2 Å². The van der Waals surface area contributed by atoms with Crippen molar-refractivity contribution in [3.05, 3.63) is 29.8 Å². The first-order valence-corrected chi connectivity index (χ1v) is 5.84. The highest BCUT2D eigenvalue weighted by atomic mass is 19.4. The largest absolute Gasteiger partial charge is 0.416 e. The highest BCUT2D eigenvalue weighted by molar-refractivity contribution is 6.06. The lowest BCUT2D eigenvalue weighted by Crippen LogP contribution is -2.33. The fraction of sp³-hybridized carbons (Fsp3) is 0.250. The summed E-state index contributed by atoms with van der Waals surface area (Å²) in [5.74, 6) is -1.34. The van der Waals surface area contributed by atoms with E-state index in [4.69, 9.17) is 0 Å². The number of halogens is 3. The van der Waals surface area contributed by atoms with Crippen LogP contribution in [0.3, 0.4) is 0 Å². The van der Waals surface area contributed by atoms with E-state index in [9.17, 15) is 27.6 Å². The molecule has 0 saturated carbocycles. The number of urea groups is 1. The molecule has 1 saturated heterocycles. The number of hydrogen-bond donors (Lipinski definition) is 3. The van der Waals surface area contributed by atoms with E-state index in [0.29, 0.717) is 0 Å². The van der Waals surface area contributed by atoms with E-state index in [1.54, 1.807) is 0 Å². The number of hydrogen-bond acceptors (Lipinski definition) is 3. The minimum atomic E-state index is -4.51. The van der Waals surface area contributed by atoms with E-state index >= 15 is 0 Å². The van der Waals surface area contributed by atoms with Gasteiger partial charge in [-0.15, -0.1) is 0 Å². The van der Waals surface area contributed by atoms with Crippen molar-refractivity contribution < 1.29 is 27.6 Å². The van der Waals surface area contributed by atoms with Crippen LogP contribution in [0.15, 0.2) is 24.3 Å². The predicted molar refractivity (Wildman–Crippen MR) is 65.2 cm³/mol. The highest BCUT2D eigenvalue weighted by Gasteiger charge is 2.32. The molecule has 6 nitrogen and oxygen atoms in total. The lowest BCUT2D eigenvalue weighted by atomic mass is 10.1. The maximum atomic E-state index is 12.5. The third-order valence-electron chi connectivity index (χ3n) is 2.72. The van der Waals surface area contributed by atoms with Crippen molar-refractivity contribution in [1.29, 1.82) is 0 Å². The van der Waals surface area contributed by atoms with E-state index in [0.717, 1.165) is 18.2 Å². The number of nitrogens with one attached hydrogen (secondary N) is 3. The fourth-order valence-electron chi connectivity index (χ4n) is 1.77. The minimum Gasteiger partial charge on any atom is -0.326 e. The summed E-state index contributed by atoms with van der Waals surface area (Å²) in [4.78, 5) is 33.8. The molecule has 0 spiro atoms. The summed E-state index contributed by atoms with van der Waals surface area (Å²) < 4.78 is 37.5. The highest BCUT2D eigenvalue weighted by Crippen LogP contribution is 2.30. The summed E-state index contributed by atoms with van der Waals surface area (Å²) in [6.45, 7) is 0. The molecule has 1 aliphatic heterocycles. The Morgan fingerprint density at radius 1 is 1.29 bits per heavy atom. The van der Waals surface area contributed by atoms with Crippen molar-refractivity contribution in [1.82, 2.24) is 10.6 Å². The second-order valence-corrected chi connectivity index (χ2v) is 4.35. The molecule has 1 heterocycles.